The number of carboxylic acids is 1. The molecule has 24 heteroatoms. The van der Waals surface area contributed by atoms with E-state index in [2.05, 4.69) is 5.32 Å². The minimum Gasteiger partial charge on any atom is -0.479 e. The fourth-order valence-electron chi connectivity index (χ4n) is 8.94. The number of carbonyl (C=O) groups excluding carboxylic acids is 6. The highest BCUT2D eigenvalue weighted by atomic mass is 16.7. The van der Waals surface area contributed by atoms with Gasteiger partial charge in [0.25, 0.3) is 17.4 Å². The van der Waals surface area contributed by atoms with Crippen LogP contribution in [0.2, 0.25) is 0 Å². The lowest BCUT2D eigenvalue weighted by molar-refractivity contribution is -0.271. The van der Waals surface area contributed by atoms with Crippen molar-refractivity contribution in [3.05, 3.63) is 86.7 Å². The fourth-order valence-corrected chi connectivity index (χ4v) is 8.94. The number of carbonyl (C=O) groups is 7. The molecule has 2 aromatic heterocycles. The summed E-state index contributed by atoms with van der Waals surface area (Å²) in [5, 5.41) is 44.1. The summed E-state index contributed by atoms with van der Waals surface area (Å²) < 4.78 is 39.9. The maximum Gasteiger partial charge on any atom is 0.509 e. The molecule has 1 aliphatic carbocycles. The molecule has 364 valence electrons. The Morgan fingerprint density at radius 3 is 2.39 bits per heavy atom. The van der Waals surface area contributed by atoms with Crippen LogP contribution in [0, 0.1) is 0 Å². The van der Waals surface area contributed by atoms with E-state index < -0.39 is 97.2 Å². The SMILES string of the molecule is CN(CC(=O)Nc1cc(COC(=O)O[C@@H]2C(=O)OCc3c2cc2n(c3=O)Cc3c-2nc2cc4c(cc2c3C2CC2)OCO4)ccc1O[C@H]1OC(C(=O)O)[C@@H](O)C(O)C1O)C(=O)CCN1C(=O)C=CC1=O. The van der Waals surface area contributed by atoms with E-state index in [0.717, 1.165) is 51.3 Å². The first-order valence-electron chi connectivity index (χ1n) is 21.9. The van der Waals surface area contributed by atoms with E-state index in [4.69, 9.17) is 38.1 Å². The topological polar surface area (TPSA) is 318 Å². The number of esters is 1. The zero-order valence-electron chi connectivity index (χ0n) is 36.7. The Morgan fingerprint density at radius 2 is 1.66 bits per heavy atom. The number of nitrogens with zero attached hydrogens (tertiary/aromatic N) is 4. The van der Waals surface area contributed by atoms with E-state index in [1.54, 1.807) is 16.7 Å². The number of anilines is 1. The molecule has 10 rings (SSSR count). The summed E-state index contributed by atoms with van der Waals surface area (Å²) >= 11 is 0. The molecule has 7 heterocycles. The average molecular weight is 968 g/mol. The van der Waals surface area contributed by atoms with Crippen LogP contribution in [-0.2, 0) is 67.5 Å². The minimum atomic E-state index is -2.04. The lowest BCUT2D eigenvalue weighted by atomic mass is 9.96. The minimum absolute atomic E-state index is 0.0771. The van der Waals surface area contributed by atoms with Gasteiger partial charge in [-0.15, -0.1) is 0 Å². The van der Waals surface area contributed by atoms with Gasteiger partial charge in [0.2, 0.25) is 31.0 Å². The number of imide groups is 1. The van der Waals surface area contributed by atoms with Gasteiger partial charge in [-0.25, -0.2) is 19.4 Å². The molecule has 5 N–H and O–H groups in total. The van der Waals surface area contributed by atoms with E-state index in [0.29, 0.717) is 28.4 Å². The molecule has 2 aromatic carbocycles. The Morgan fingerprint density at radius 1 is 0.914 bits per heavy atom. The van der Waals surface area contributed by atoms with Crippen LogP contribution < -0.4 is 25.1 Å². The molecule has 70 heavy (non-hydrogen) atoms. The molecule has 6 atom stereocenters. The fraction of sp³-hybridized carbons (Fsp3) is 0.370. The molecular weight excluding hydrogens is 927 g/mol. The first kappa shape index (κ1) is 45.8. The second kappa shape index (κ2) is 17.9. The predicted octanol–water partition coefficient (Wildman–Crippen LogP) is 0.466. The summed E-state index contributed by atoms with van der Waals surface area (Å²) in [5.74, 6) is -4.19. The second-order valence-electron chi connectivity index (χ2n) is 17.2. The molecule has 4 amide bonds. The summed E-state index contributed by atoms with van der Waals surface area (Å²) in [6.07, 6.45) is -9.37. The number of cyclic esters (lactones) is 1. The molecule has 4 aromatic rings. The summed E-state index contributed by atoms with van der Waals surface area (Å²) in [6, 6.07) is 9.04. The largest absolute Gasteiger partial charge is 0.509 e. The number of pyridine rings is 2. The van der Waals surface area contributed by atoms with Crippen LogP contribution in [0.5, 0.6) is 17.2 Å². The summed E-state index contributed by atoms with van der Waals surface area (Å²) in [6.45, 7) is -1.49. The van der Waals surface area contributed by atoms with Gasteiger partial charge in [-0.2, -0.15) is 0 Å². The third-order valence-corrected chi connectivity index (χ3v) is 12.7. The highest BCUT2D eigenvalue weighted by Crippen LogP contribution is 2.50. The number of nitrogens with one attached hydrogen (secondary N) is 1. The van der Waals surface area contributed by atoms with Crippen LogP contribution >= 0.6 is 0 Å². The second-order valence-corrected chi connectivity index (χ2v) is 17.2. The van der Waals surface area contributed by atoms with E-state index in [1.165, 1.54) is 25.2 Å². The Hall–Kier alpha value is -7.93. The van der Waals surface area contributed by atoms with Crippen molar-refractivity contribution < 1.29 is 87.1 Å². The lowest BCUT2D eigenvalue weighted by Crippen LogP contribution is -2.61. The van der Waals surface area contributed by atoms with Crippen LogP contribution in [0.1, 0.15) is 59.1 Å². The Labute approximate surface area is 393 Å². The summed E-state index contributed by atoms with van der Waals surface area (Å²) in [5.41, 5.74) is 3.14. The maximum absolute atomic E-state index is 14.1. The number of aliphatic hydroxyl groups is 3. The molecule has 1 saturated heterocycles. The number of aromatic nitrogens is 2. The number of amides is 4. The number of ether oxygens (including phenoxy) is 7. The van der Waals surface area contributed by atoms with Crippen molar-refractivity contribution in [2.24, 2.45) is 0 Å². The molecule has 6 aliphatic rings. The quantitative estimate of drug-likeness (QED) is 0.0791. The van der Waals surface area contributed by atoms with Crippen LogP contribution in [-0.4, -0.2) is 139 Å². The number of hydrogen-bond acceptors (Lipinski definition) is 19. The van der Waals surface area contributed by atoms with Gasteiger partial charge in [0.05, 0.1) is 41.2 Å². The number of aliphatic hydroxyl groups excluding tert-OH is 3. The van der Waals surface area contributed by atoms with Crippen LogP contribution in [0.25, 0.3) is 22.3 Å². The lowest BCUT2D eigenvalue weighted by Gasteiger charge is -2.38. The predicted molar refractivity (Wildman–Crippen MR) is 231 cm³/mol. The van der Waals surface area contributed by atoms with Gasteiger partial charge in [0.15, 0.2) is 17.6 Å². The third-order valence-electron chi connectivity index (χ3n) is 12.7. The first-order chi connectivity index (χ1) is 33.5. The van der Waals surface area contributed by atoms with Crippen LogP contribution in [0.4, 0.5) is 10.5 Å². The average Bonchev–Trinajstić information content (AvgIpc) is 3.82. The van der Waals surface area contributed by atoms with Crippen molar-refractivity contribution in [1.29, 1.82) is 0 Å². The first-order valence-corrected chi connectivity index (χ1v) is 21.9. The highest BCUT2D eigenvalue weighted by molar-refractivity contribution is 6.13. The number of aliphatic carboxylic acids is 1. The molecule has 1 saturated carbocycles. The summed E-state index contributed by atoms with van der Waals surface area (Å²) in [7, 11) is 1.29. The van der Waals surface area contributed by atoms with Crippen LogP contribution in [0.3, 0.4) is 0 Å². The molecule has 3 unspecified atom stereocenters. The molecule has 5 aliphatic heterocycles. The Kier molecular flexibility index (Phi) is 11.7. The van der Waals surface area contributed by atoms with Crippen molar-refractivity contribution in [2.45, 2.75) is 81.7 Å². The molecule has 0 radical (unpaired) electrons. The van der Waals surface area contributed by atoms with Gasteiger partial charge in [0.1, 0.15) is 37.3 Å². The van der Waals surface area contributed by atoms with Gasteiger partial charge >= 0.3 is 18.1 Å². The maximum atomic E-state index is 14.1. The Balaban J connectivity index is 0.867. The zero-order chi connectivity index (χ0) is 49.3. The van der Waals surface area contributed by atoms with Crippen LogP contribution in [0.15, 0.2) is 53.3 Å². The smallest absolute Gasteiger partial charge is 0.479 e. The van der Waals surface area contributed by atoms with Crippen molar-refractivity contribution in [2.75, 3.05) is 32.2 Å². The number of likely N-dealkylation sites (N-methyl/N-ethyl adjacent to an activating group) is 1. The molecule has 0 bridgehead atoms. The van der Waals surface area contributed by atoms with E-state index >= 15 is 0 Å². The van der Waals surface area contributed by atoms with E-state index in [9.17, 15) is 58.8 Å². The van der Waals surface area contributed by atoms with Gasteiger partial charge < -0.3 is 68.4 Å². The molecular formula is C46H41N5O19. The van der Waals surface area contributed by atoms with E-state index in [-0.39, 0.29) is 67.0 Å². The number of rotatable bonds is 13. The molecule has 2 fully saturated rings. The van der Waals surface area contributed by atoms with Gasteiger partial charge in [0, 0.05) is 54.7 Å². The Bertz CT molecular complexity index is 3020. The molecule has 0 spiro atoms. The third kappa shape index (κ3) is 8.39. The van der Waals surface area contributed by atoms with Gasteiger partial charge in [-0.05, 0) is 54.2 Å². The standard InChI is InChI=1S/C46H41N5O19/c1-49(32(53)8-9-50-33(54)6-7-34(50)55)15-31(52)47-26-10-19(2-5-28(26)68-45-39(58)37(56)38(57)41(69-45)43(60)61)16-65-46(63)70-40-21-11-27-36-23(14-51(27)42(59)24(21)17-64-44(40)62)35(20-3-4-20)22-12-29-30(67-18-66-29)13-25(22)48-36/h2,5-7,10-13,20,37-41,45,56-58H,3-4,8-9,14-18H2,1H3,(H,47,52)(H,60,61)/t37?,38-,39?,40-,41?,45-/m0/s1. The zero-order valence-corrected chi connectivity index (χ0v) is 36.7. The van der Waals surface area contributed by atoms with Crippen molar-refractivity contribution >= 4 is 58.3 Å². The number of fused-ring (bicyclic) bond motifs is 6. The highest BCUT2D eigenvalue weighted by Gasteiger charge is 2.48. The number of carboxylic acid groups (broad SMARTS) is 1. The van der Waals surface area contributed by atoms with Gasteiger partial charge in [-0.1, -0.05) is 6.07 Å². The van der Waals surface area contributed by atoms with Crippen molar-refractivity contribution in [1.82, 2.24) is 19.4 Å². The van der Waals surface area contributed by atoms with Crippen molar-refractivity contribution in [3.8, 4) is 28.6 Å². The molecule has 24 nitrogen and oxygen atoms in total. The summed E-state index contributed by atoms with van der Waals surface area (Å²) in [4.78, 5) is 109. The number of benzene rings is 2. The van der Waals surface area contributed by atoms with Gasteiger partial charge in [-0.3, -0.25) is 28.9 Å². The number of hydrogen-bond donors (Lipinski definition) is 5. The van der Waals surface area contributed by atoms with Crippen molar-refractivity contribution in [3.63, 3.8) is 0 Å². The monoisotopic (exact) mass is 967 g/mol. The van der Waals surface area contributed by atoms with E-state index in [1.807, 2.05) is 6.07 Å². The normalized spacial score (nSPS) is 22.8.